The van der Waals surface area contributed by atoms with Crippen molar-refractivity contribution in [1.29, 1.82) is 0 Å². The zero-order valence-corrected chi connectivity index (χ0v) is 17.9. The number of rotatable bonds is 5. The first-order valence-electron chi connectivity index (χ1n) is 10.4. The number of carbonyl (C=O) groups excluding carboxylic acids is 1. The Hall–Kier alpha value is -3.27. The maximum Gasteiger partial charge on any atom is 0.269 e. The van der Waals surface area contributed by atoms with Crippen molar-refractivity contribution in [2.75, 3.05) is 23.3 Å². The van der Waals surface area contributed by atoms with E-state index in [1.54, 1.807) is 35.1 Å². The Morgan fingerprint density at radius 2 is 2.03 bits per heavy atom. The molecule has 164 valence electrons. The Morgan fingerprint density at radius 3 is 2.74 bits per heavy atom. The summed E-state index contributed by atoms with van der Waals surface area (Å²) in [6.45, 7) is 6.98. The fourth-order valence-electron chi connectivity index (χ4n) is 3.74. The van der Waals surface area contributed by atoms with Gasteiger partial charge in [0.15, 0.2) is 5.65 Å². The van der Waals surface area contributed by atoms with Crippen molar-refractivity contribution in [1.82, 2.24) is 24.4 Å². The predicted molar refractivity (Wildman–Crippen MR) is 116 cm³/mol. The van der Waals surface area contributed by atoms with Gasteiger partial charge in [0, 0.05) is 25.4 Å². The van der Waals surface area contributed by atoms with Gasteiger partial charge >= 0.3 is 0 Å². The van der Waals surface area contributed by atoms with Crippen molar-refractivity contribution in [3.05, 3.63) is 46.8 Å². The van der Waals surface area contributed by atoms with Gasteiger partial charge in [0.1, 0.15) is 12.9 Å². The number of fused-ring (bicyclic) bond motifs is 1. The predicted octanol–water partition coefficient (Wildman–Crippen LogP) is 1.40. The normalized spacial score (nSPS) is 16.1. The van der Waals surface area contributed by atoms with E-state index >= 15 is 0 Å². The molecule has 4 rings (SSSR count). The van der Waals surface area contributed by atoms with Gasteiger partial charge in [-0.05, 0) is 37.8 Å². The van der Waals surface area contributed by atoms with Gasteiger partial charge in [0.2, 0.25) is 5.91 Å². The summed E-state index contributed by atoms with van der Waals surface area (Å²) in [7, 11) is 0. The second-order valence-corrected chi connectivity index (χ2v) is 8.61. The molecule has 1 saturated heterocycles. The van der Waals surface area contributed by atoms with E-state index in [2.05, 4.69) is 25.5 Å². The van der Waals surface area contributed by atoms with Gasteiger partial charge in [0.25, 0.3) is 5.56 Å². The molecule has 1 aliphatic heterocycles. The smallest absolute Gasteiger partial charge is 0.269 e. The molecule has 1 aliphatic rings. The highest BCUT2D eigenvalue weighted by molar-refractivity contribution is 5.90. The number of anilines is 2. The summed E-state index contributed by atoms with van der Waals surface area (Å²) in [5.41, 5.74) is 1.79. The molecule has 0 saturated carbocycles. The third-order valence-electron chi connectivity index (χ3n) is 5.60. The molecular formula is C21H27N7O3. The zero-order chi connectivity index (χ0) is 22.2. The second kappa shape index (κ2) is 8.10. The third-order valence-corrected chi connectivity index (χ3v) is 5.60. The van der Waals surface area contributed by atoms with Crippen molar-refractivity contribution in [3.63, 3.8) is 0 Å². The minimum Gasteiger partial charge on any atom is -0.390 e. The Kier molecular flexibility index (Phi) is 5.48. The van der Waals surface area contributed by atoms with Gasteiger partial charge in [-0.3, -0.25) is 14.0 Å². The first kappa shape index (κ1) is 21.0. The zero-order valence-electron chi connectivity index (χ0n) is 17.9. The van der Waals surface area contributed by atoms with E-state index in [4.69, 9.17) is 0 Å². The largest absolute Gasteiger partial charge is 0.390 e. The van der Waals surface area contributed by atoms with Crippen LogP contribution in [-0.2, 0) is 11.3 Å². The molecule has 0 aliphatic carbocycles. The first-order valence-corrected chi connectivity index (χ1v) is 10.4. The molecule has 3 aromatic heterocycles. The van der Waals surface area contributed by atoms with Gasteiger partial charge in [-0.1, -0.05) is 13.8 Å². The Labute approximate surface area is 179 Å². The number of pyridine rings is 1. The third kappa shape index (κ3) is 4.58. The van der Waals surface area contributed by atoms with Crippen LogP contribution >= 0.6 is 0 Å². The lowest BCUT2D eigenvalue weighted by atomic mass is 9.93. The van der Waals surface area contributed by atoms with Crippen LogP contribution < -0.4 is 15.8 Å². The van der Waals surface area contributed by atoms with E-state index < -0.39 is 5.60 Å². The minimum atomic E-state index is -0.676. The summed E-state index contributed by atoms with van der Waals surface area (Å²) in [6.07, 6.45) is 4.52. The van der Waals surface area contributed by atoms with Crippen molar-refractivity contribution < 1.29 is 9.90 Å². The number of nitrogens with zero attached hydrogens (tertiary/aromatic N) is 6. The van der Waals surface area contributed by atoms with Gasteiger partial charge in [-0.25, -0.2) is 4.68 Å². The molecule has 2 N–H and O–H groups in total. The molecule has 31 heavy (non-hydrogen) atoms. The lowest BCUT2D eigenvalue weighted by Crippen LogP contribution is -2.43. The number of hydrogen-bond acceptors (Lipinski definition) is 7. The molecule has 0 radical (unpaired) electrons. The quantitative estimate of drug-likeness (QED) is 0.634. The average molecular weight is 425 g/mol. The van der Waals surface area contributed by atoms with Crippen molar-refractivity contribution in [2.45, 2.75) is 51.7 Å². The summed E-state index contributed by atoms with van der Waals surface area (Å²) in [4.78, 5) is 27.4. The number of piperidine rings is 1. The van der Waals surface area contributed by atoms with E-state index in [0.717, 1.165) is 11.4 Å². The SMILES string of the molecule is CC(C)c1nn(CC(=O)Nc2ccc3nncn3c2)c(=O)cc1N1CCC(C)(O)CC1. The first-order chi connectivity index (χ1) is 14.7. The van der Waals surface area contributed by atoms with E-state index in [1.807, 2.05) is 20.8 Å². The van der Waals surface area contributed by atoms with Gasteiger partial charge in [-0.15, -0.1) is 10.2 Å². The lowest BCUT2D eigenvalue weighted by Gasteiger charge is -2.38. The number of hydrogen-bond donors (Lipinski definition) is 2. The van der Waals surface area contributed by atoms with E-state index in [1.165, 1.54) is 4.68 Å². The highest BCUT2D eigenvalue weighted by atomic mass is 16.3. The highest BCUT2D eigenvalue weighted by Crippen LogP contribution is 2.29. The molecule has 0 aromatic carbocycles. The number of carbonyl (C=O) groups is 1. The lowest BCUT2D eigenvalue weighted by molar-refractivity contribution is -0.117. The number of aromatic nitrogens is 5. The van der Waals surface area contributed by atoms with Crippen LogP contribution in [0.5, 0.6) is 0 Å². The van der Waals surface area contributed by atoms with Crippen molar-refractivity contribution in [2.24, 2.45) is 0 Å². The van der Waals surface area contributed by atoms with Crippen LogP contribution in [0.4, 0.5) is 11.4 Å². The van der Waals surface area contributed by atoms with E-state index in [-0.39, 0.29) is 23.9 Å². The number of aliphatic hydroxyl groups is 1. The molecule has 1 fully saturated rings. The molecule has 0 unspecified atom stereocenters. The van der Waals surface area contributed by atoms with Crippen LogP contribution in [0.3, 0.4) is 0 Å². The monoisotopic (exact) mass is 425 g/mol. The maximum absolute atomic E-state index is 12.7. The molecule has 0 bridgehead atoms. The van der Waals surface area contributed by atoms with Crippen LogP contribution in [0.2, 0.25) is 0 Å². The highest BCUT2D eigenvalue weighted by Gasteiger charge is 2.29. The van der Waals surface area contributed by atoms with Crippen molar-refractivity contribution in [3.8, 4) is 0 Å². The van der Waals surface area contributed by atoms with Crippen LogP contribution in [-0.4, -0.2) is 54.1 Å². The summed E-state index contributed by atoms with van der Waals surface area (Å²) >= 11 is 0. The summed E-state index contributed by atoms with van der Waals surface area (Å²) in [5.74, 6) is -0.276. The fourth-order valence-corrected chi connectivity index (χ4v) is 3.74. The fraction of sp³-hybridized carbons (Fsp3) is 0.476. The van der Waals surface area contributed by atoms with Crippen molar-refractivity contribution >= 4 is 22.9 Å². The standard InChI is InChI=1S/C21H27N7O3/c1-14(2)20-16(26-8-6-21(3,31)7-9-26)10-19(30)28(25-20)12-18(29)23-15-4-5-17-24-22-13-27(17)11-15/h4-5,10-11,13-14,31H,6-9,12H2,1-3H3,(H,23,29). The average Bonchev–Trinajstić information content (AvgIpc) is 3.17. The number of nitrogens with one attached hydrogen (secondary N) is 1. The van der Waals surface area contributed by atoms with Crippen LogP contribution in [0.1, 0.15) is 45.2 Å². The minimum absolute atomic E-state index is 0.0727. The molecule has 10 heteroatoms. The van der Waals surface area contributed by atoms with E-state index in [0.29, 0.717) is 37.3 Å². The molecule has 3 aromatic rings. The molecular weight excluding hydrogens is 398 g/mol. The van der Waals surface area contributed by atoms with Gasteiger partial charge < -0.3 is 15.3 Å². The molecule has 1 amide bonds. The second-order valence-electron chi connectivity index (χ2n) is 8.61. The summed E-state index contributed by atoms with van der Waals surface area (Å²) in [5, 5.41) is 25.3. The Bertz CT molecular complexity index is 1160. The Morgan fingerprint density at radius 1 is 1.29 bits per heavy atom. The molecule has 4 heterocycles. The topological polar surface area (TPSA) is 118 Å². The summed E-state index contributed by atoms with van der Waals surface area (Å²) < 4.78 is 2.90. The number of amides is 1. The maximum atomic E-state index is 12.7. The van der Waals surface area contributed by atoms with Crippen LogP contribution in [0, 0.1) is 0 Å². The summed E-state index contributed by atoms with van der Waals surface area (Å²) in [6, 6.07) is 5.03. The van der Waals surface area contributed by atoms with Gasteiger partial charge in [-0.2, -0.15) is 5.10 Å². The van der Waals surface area contributed by atoms with Crippen LogP contribution in [0.15, 0.2) is 35.5 Å². The van der Waals surface area contributed by atoms with Gasteiger partial charge in [0.05, 0.1) is 22.7 Å². The molecule has 10 nitrogen and oxygen atoms in total. The molecule has 0 atom stereocenters. The van der Waals surface area contributed by atoms with E-state index in [9.17, 15) is 14.7 Å². The Balaban J connectivity index is 1.53. The molecule has 0 spiro atoms. The van der Waals surface area contributed by atoms with Crippen LogP contribution in [0.25, 0.3) is 5.65 Å².